The van der Waals surface area contributed by atoms with Gasteiger partial charge in [-0.1, -0.05) is 13.0 Å². The molecule has 0 aliphatic carbocycles. The summed E-state index contributed by atoms with van der Waals surface area (Å²) in [5.74, 6) is 0.646. The van der Waals surface area contributed by atoms with Crippen LogP contribution in [0.4, 0.5) is 0 Å². The average molecular weight is 218 g/mol. The van der Waals surface area contributed by atoms with Crippen molar-refractivity contribution in [2.45, 2.75) is 19.8 Å². The molecule has 86 valence electrons. The summed E-state index contributed by atoms with van der Waals surface area (Å²) in [5.41, 5.74) is 1.77. The second-order valence-electron chi connectivity index (χ2n) is 3.65. The number of benzene rings is 1. The van der Waals surface area contributed by atoms with Gasteiger partial charge in [-0.15, -0.1) is 0 Å². The van der Waals surface area contributed by atoms with Crippen LogP contribution in [0, 0.1) is 11.3 Å². The fourth-order valence-electron chi connectivity index (χ4n) is 1.53. The molecule has 0 heterocycles. The van der Waals surface area contributed by atoms with Crippen LogP contribution in [0.2, 0.25) is 0 Å². The third kappa shape index (κ3) is 3.56. The van der Waals surface area contributed by atoms with Gasteiger partial charge in [-0.3, -0.25) is 0 Å². The number of rotatable bonds is 6. The minimum atomic E-state index is 0.607. The highest BCUT2D eigenvalue weighted by molar-refractivity contribution is 5.45. The van der Waals surface area contributed by atoms with Gasteiger partial charge in [-0.2, -0.15) is 5.26 Å². The number of nitrogens with one attached hydrogen (secondary N) is 1. The third-order valence-electron chi connectivity index (χ3n) is 2.40. The molecule has 0 saturated carbocycles. The highest BCUT2D eigenvalue weighted by atomic mass is 16.5. The van der Waals surface area contributed by atoms with Crippen molar-refractivity contribution in [1.29, 1.82) is 5.26 Å². The number of ether oxygens (including phenoxy) is 1. The molecule has 0 atom stereocenters. The maximum Gasteiger partial charge on any atom is 0.136 e. The average Bonchev–Trinajstić information content (AvgIpc) is 2.34. The second kappa shape index (κ2) is 6.86. The van der Waals surface area contributed by atoms with E-state index in [4.69, 9.17) is 10.00 Å². The quantitative estimate of drug-likeness (QED) is 0.744. The van der Waals surface area contributed by atoms with Crippen LogP contribution in [0.25, 0.3) is 0 Å². The molecule has 3 heteroatoms. The largest absolute Gasteiger partial charge is 0.495 e. The van der Waals surface area contributed by atoms with Crippen molar-refractivity contribution in [3.05, 3.63) is 29.3 Å². The molecule has 16 heavy (non-hydrogen) atoms. The lowest BCUT2D eigenvalue weighted by Gasteiger charge is -2.06. The first-order valence-electron chi connectivity index (χ1n) is 5.59. The molecule has 0 spiro atoms. The Bertz CT molecular complexity index is 369. The number of methoxy groups -OCH3 is 1. The van der Waals surface area contributed by atoms with Crippen LogP contribution in [-0.4, -0.2) is 20.2 Å². The Hall–Kier alpha value is -1.53. The van der Waals surface area contributed by atoms with Crippen molar-refractivity contribution in [3.63, 3.8) is 0 Å². The van der Waals surface area contributed by atoms with Gasteiger partial charge in [0.15, 0.2) is 0 Å². The van der Waals surface area contributed by atoms with E-state index < -0.39 is 0 Å². The van der Waals surface area contributed by atoms with Crippen LogP contribution in [0.5, 0.6) is 5.75 Å². The predicted octanol–water partition coefficient (Wildman–Crippen LogP) is 2.11. The molecule has 1 N–H and O–H groups in total. The smallest absolute Gasteiger partial charge is 0.136 e. The summed E-state index contributed by atoms with van der Waals surface area (Å²) in [7, 11) is 1.58. The van der Waals surface area contributed by atoms with Crippen molar-refractivity contribution in [1.82, 2.24) is 5.32 Å². The number of nitrogens with zero attached hydrogens (tertiary/aromatic N) is 1. The van der Waals surface area contributed by atoms with Crippen molar-refractivity contribution in [2.24, 2.45) is 0 Å². The Morgan fingerprint density at radius 1 is 1.38 bits per heavy atom. The molecule has 1 aromatic carbocycles. The molecule has 0 radical (unpaired) electrons. The first-order chi connectivity index (χ1) is 7.81. The van der Waals surface area contributed by atoms with Crippen molar-refractivity contribution in [2.75, 3.05) is 20.2 Å². The third-order valence-corrected chi connectivity index (χ3v) is 2.40. The van der Waals surface area contributed by atoms with Crippen molar-refractivity contribution < 1.29 is 4.74 Å². The Kier molecular flexibility index (Phi) is 5.38. The molecule has 0 aliphatic rings. The molecule has 3 nitrogen and oxygen atoms in total. The van der Waals surface area contributed by atoms with Crippen LogP contribution in [0.15, 0.2) is 18.2 Å². The van der Waals surface area contributed by atoms with Gasteiger partial charge in [0.05, 0.1) is 12.7 Å². The SMILES string of the molecule is CCCNCCc1ccc(OC)c(C#N)c1. The van der Waals surface area contributed by atoms with E-state index in [1.165, 1.54) is 5.56 Å². The summed E-state index contributed by atoms with van der Waals surface area (Å²) in [5, 5.41) is 12.3. The van der Waals surface area contributed by atoms with Crippen LogP contribution in [0.3, 0.4) is 0 Å². The maximum absolute atomic E-state index is 8.94. The van der Waals surface area contributed by atoms with Crippen LogP contribution in [-0.2, 0) is 6.42 Å². The zero-order valence-corrected chi connectivity index (χ0v) is 9.92. The topological polar surface area (TPSA) is 45.0 Å². The highest BCUT2D eigenvalue weighted by Crippen LogP contribution is 2.18. The molecule has 0 fully saturated rings. The van der Waals surface area contributed by atoms with E-state index in [2.05, 4.69) is 18.3 Å². The van der Waals surface area contributed by atoms with Gasteiger partial charge >= 0.3 is 0 Å². The van der Waals surface area contributed by atoms with Gasteiger partial charge in [0, 0.05) is 0 Å². The minimum absolute atomic E-state index is 0.607. The summed E-state index contributed by atoms with van der Waals surface area (Å²) in [6, 6.07) is 7.90. The molecular formula is C13H18N2O. The molecule has 0 bridgehead atoms. The Balaban J connectivity index is 2.58. The summed E-state index contributed by atoms with van der Waals surface area (Å²) in [6.07, 6.45) is 2.09. The molecule has 0 aliphatic heterocycles. The van der Waals surface area contributed by atoms with Crippen molar-refractivity contribution in [3.8, 4) is 11.8 Å². The molecule has 1 aromatic rings. The minimum Gasteiger partial charge on any atom is -0.495 e. The zero-order chi connectivity index (χ0) is 11.8. The van der Waals surface area contributed by atoms with E-state index in [1.54, 1.807) is 7.11 Å². The second-order valence-corrected chi connectivity index (χ2v) is 3.65. The Labute approximate surface area is 97.0 Å². The van der Waals surface area contributed by atoms with Crippen molar-refractivity contribution >= 4 is 0 Å². The van der Waals surface area contributed by atoms with E-state index >= 15 is 0 Å². The number of hydrogen-bond acceptors (Lipinski definition) is 3. The van der Waals surface area contributed by atoms with E-state index in [9.17, 15) is 0 Å². The van der Waals surface area contributed by atoms with E-state index in [1.807, 2.05) is 18.2 Å². The van der Waals surface area contributed by atoms with Gasteiger partial charge in [-0.25, -0.2) is 0 Å². The highest BCUT2D eigenvalue weighted by Gasteiger charge is 2.03. The van der Waals surface area contributed by atoms with Gasteiger partial charge in [0.1, 0.15) is 11.8 Å². The number of hydrogen-bond donors (Lipinski definition) is 1. The fraction of sp³-hybridized carbons (Fsp3) is 0.462. The van der Waals surface area contributed by atoms with E-state index in [0.717, 1.165) is 25.9 Å². The normalized spacial score (nSPS) is 9.81. The van der Waals surface area contributed by atoms with Crippen LogP contribution >= 0.6 is 0 Å². The Morgan fingerprint density at radius 3 is 2.81 bits per heavy atom. The van der Waals surface area contributed by atoms with Gasteiger partial charge in [0.2, 0.25) is 0 Å². The van der Waals surface area contributed by atoms with Gasteiger partial charge in [0.25, 0.3) is 0 Å². The molecule has 1 rings (SSSR count). The summed E-state index contributed by atoms with van der Waals surface area (Å²) in [6.45, 7) is 4.14. The summed E-state index contributed by atoms with van der Waals surface area (Å²) >= 11 is 0. The lowest BCUT2D eigenvalue weighted by molar-refractivity contribution is 0.413. The maximum atomic E-state index is 8.94. The molecule has 0 amide bonds. The van der Waals surface area contributed by atoms with Gasteiger partial charge < -0.3 is 10.1 Å². The van der Waals surface area contributed by atoms with Crippen LogP contribution < -0.4 is 10.1 Å². The monoisotopic (exact) mass is 218 g/mol. The molecule has 0 aromatic heterocycles. The lowest BCUT2D eigenvalue weighted by Crippen LogP contribution is -2.17. The van der Waals surface area contributed by atoms with Crippen LogP contribution in [0.1, 0.15) is 24.5 Å². The van der Waals surface area contributed by atoms with E-state index in [-0.39, 0.29) is 0 Å². The number of nitriles is 1. The summed E-state index contributed by atoms with van der Waals surface area (Å²) in [4.78, 5) is 0. The van der Waals surface area contributed by atoms with E-state index in [0.29, 0.717) is 11.3 Å². The molecule has 0 unspecified atom stereocenters. The molecular weight excluding hydrogens is 200 g/mol. The first kappa shape index (κ1) is 12.5. The van der Waals surface area contributed by atoms with Gasteiger partial charge in [-0.05, 0) is 43.6 Å². The summed E-state index contributed by atoms with van der Waals surface area (Å²) < 4.78 is 5.10. The fourth-order valence-corrected chi connectivity index (χ4v) is 1.53. The standard InChI is InChI=1S/C13H18N2O/c1-3-7-15-8-6-11-4-5-13(16-2)12(9-11)10-14/h4-5,9,15H,3,6-8H2,1-2H3. The Morgan fingerprint density at radius 2 is 2.19 bits per heavy atom. The predicted molar refractivity (Wildman–Crippen MR) is 64.6 cm³/mol. The lowest BCUT2D eigenvalue weighted by atomic mass is 10.1. The zero-order valence-electron chi connectivity index (χ0n) is 9.92. The molecule has 0 saturated heterocycles. The first-order valence-corrected chi connectivity index (χ1v) is 5.59.